The fourth-order valence-corrected chi connectivity index (χ4v) is 13.8. The number of methoxy groups -OCH3 is 1. The lowest BCUT2D eigenvalue weighted by Gasteiger charge is -2.45. The fraction of sp³-hybridized carbons (Fsp3) is 0.455. The van der Waals surface area contributed by atoms with Gasteiger partial charge in [0.25, 0.3) is 13.9 Å². The lowest BCUT2D eigenvalue weighted by molar-refractivity contribution is -0.164. The van der Waals surface area contributed by atoms with E-state index in [2.05, 4.69) is 72.6 Å². The molecule has 2 heterocycles. The number of nitrogens with one attached hydrogen (secondary N) is 1. The van der Waals surface area contributed by atoms with Crippen LogP contribution in [-0.4, -0.2) is 58.3 Å². The number of carbonyl (C=O) groups is 2. The number of benzene rings is 2. The Labute approximate surface area is 282 Å². The van der Waals surface area contributed by atoms with E-state index in [0.717, 1.165) is 22.1 Å². The predicted octanol–water partition coefficient (Wildman–Crippen LogP) is 4.34. The van der Waals surface area contributed by atoms with Crippen LogP contribution in [0.25, 0.3) is 0 Å². The molecule has 242 valence electrons. The molecule has 0 aliphatic carbocycles. The number of nitrogens with zero attached hydrogens (tertiary/aromatic N) is 1. The second-order valence-electron chi connectivity index (χ2n) is 13.3. The first-order valence-corrected chi connectivity index (χ1v) is 18.7. The molecule has 0 radical (unpaired) electrons. The standard InChI is InChI=1S/C33H41IN2O7SSi/c1-21-19-36(30(40)35-26(21)37)27-24(34)25(43-28(38)31(2,3)4)33(44-27,29(39)41-8)20-42-45(32(5,6)7,22-15-11-9-12-16-22)23-17-13-10-14-18-23/h9-19,24-25,27H,20H2,1-8H3,(H,35,37,40)/t24?,25-,27?,33-/m1/s1. The number of thioether (sulfide) groups is 1. The highest BCUT2D eigenvalue weighted by Crippen LogP contribution is 2.55. The molecule has 12 heteroatoms. The van der Waals surface area contributed by atoms with Crippen molar-refractivity contribution in [2.75, 3.05) is 13.7 Å². The molecule has 0 spiro atoms. The molecule has 1 aliphatic rings. The number of halogens is 1. The average Bonchev–Trinajstić information content (AvgIpc) is 3.26. The van der Waals surface area contributed by atoms with Crippen molar-refractivity contribution in [1.29, 1.82) is 0 Å². The van der Waals surface area contributed by atoms with Gasteiger partial charge in [0.05, 0.1) is 23.1 Å². The molecule has 45 heavy (non-hydrogen) atoms. The Hall–Kier alpha value is -2.68. The summed E-state index contributed by atoms with van der Waals surface area (Å²) in [6, 6.07) is 20.0. The average molecular weight is 765 g/mol. The number of carbonyl (C=O) groups excluding carboxylic acids is 2. The van der Waals surface area contributed by atoms with Gasteiger partial charge in [0.2, 0.25) is 0 Å². The monoisotopic (exact) mass is 764 g/mol. The van der Waals surface area contributed by atoms with Crippen molar-refractivity contribution in [3.05, 3.63) is 93.3 Å². The summed E-state index contributed by atoms with van der Waals surface area (Å²) in [7, 11) is -1.87. The quantitative estimate of drug-likeness (QED) is 0.156. The summed E-state index contributed by atoms with van der Waals surface area (Å²) >= 11 is 3.29. The van der Waals surface area contributed by atoms with Crippen LogP contribution in [0.2, 0.25) is 5.04 Å². The normalized spacial score (nSPS) is 22.2. The minimum Gasteiger partial charge on any atom is -0.468 e. The highest BCUT2D eigenvalue weighted by Gasteiger charge is 2.64. The molecule has 1 saturated heterocycles. The van der Waals surface area contributed by atoms with Gasteiger partial charge in [-0.2, -0.15) is 0 Å². The number of aryl methyl sites for hydroxylation is 1. The molecule has 4 rings (SSSR count). The molecule has 1 aromatic heterocycles. The van der Waals surface area contributed by atoms with Gasteiger partial charge in [0.1, 0.15) is 11.5 Å². The molecule has 2 aromatic carbocycles. The second kappa shape index (κ2) is 13.2. The lowest BCUT2D eigenvalue weighted by Crippen LogP contribution is -2.68. The van der Waals surface area contributed by atoms with Gasteiger partial charge in [-0.25, -0.2) is 4.79 Å². The first kappa shape index (κ1) is 35.2. The van der Waals surface area contributed by atoms with Crippen molar-refractivity contribution in [2.24, 2.45) is 5.41 Å². The van der Waals surface area contributed by atoms with E-state index < -0.39 is 62.1 Å². The maximum Gasteiger partial charge on any atom is 0.329 e. The number of hydrogen-bond donors (Lipinski definition) is 1. The summed E-state index contributed by atoms with van der Waals surface area (Å²) in [5, 5.41) is 0.938. The van der Waals surface area contributed by atoms with Crippen LogP contribution in [0.4, 0.5) is 0 Å². The number of alkyl halides is 1. The molecule has 1 aliphatic heterocycles. The highest BCUT2D eigenvalue weighted by atomic mass is 127. The Morgan fingerprint density at radius 2 is 1.51 bits per heavy atom. The number of H-pyrrole nitrogens is 1. The molecule has 3 aromatic rings. The third-order valence-electron chi connectivity index (χ3n) is 8.07. The van der Waals surface area contributed by atoms with E-state index in [1.165, 1.54) is 17.9 Å². The van der Waals surface area contributed by atoms with Crippen LogP contribution in [0.5, 0.6) is 0 Å². The van der Waals surface area contributed by atoms with Gasteiger partial charge < -0.3 is 13.9 Å². The molecule has 1 fully saturated rings. The Kier molecular flexibility index (Phi) is 10.3. The summed E-state index contributed by atoms with van der Waals surface area (Å²) in [6.07, 6.45) is 0.438. The van der Waals surface area contributed by atoms with Crippen LogP contribution in [-0.2, 0) is 23.5 Å². The predicted molar refractivity (Wildman–Crippen MR) is 188 cm³/mol. The zero-order valence-electron chi connectivity index (χ0n) is 26.9. The van der Waals surface area contributed by atoms with Gasteiger partial charge >= 0.3 is 17.6 Å². The van der Waals surface area contributed by atoms with Crippen LogP contribution in [0.1, 0.15) is 52.5 Å². The molecule has 1 N–H and O–H groups in total. The topological polar surface area (TPSA) is 117 Å². The van der Waals surface area contributed by atoms with Gasteiger partial charge in [0, 0.05) is 11.8 Å². The molecule has 2 unspecified atom stereocenters. The van der Waals surface area contributed by atoms with E-state index in [4.69, 9.17) is 13.9 Å². The summed E-state index contributed by atoms with van der Waals surface area (Å²) in [5.74, 6) is -1.13. The number of aromatic nitrogens is 2. The molecule has 0 amide bonds. The number of ether oxygens (including phenoxy) is 2. The van der Waals surface area contributed by atoms with Crippen molar-refractivity contribution < 1.29 is 23.5 Å². The Balaban J connectivity index is 1.94. The third-order valence-corrected chi connectivity index (χ3v) is 16.6. The molecule has 0 saturated carbocycles. The number of hydrogen-bond acceptors (Lipinski definition) is 8. The summed E-state index contributed by atoms with van der Waals surface area (Å²) < 4.78 is 18.2. The van der Waals surface area contributed by atoms with Crippen molar-refractivity contribution in [3.63, 3.8) is 0 Å². The largest absolute Gasteiger partial charge is 0.468 e. The molecule has 0 bridgehead atoms. The van der Waals surface area contributed by atoms with E-state index in [1.54, 1.807) is 27.7 Å². The van der Waals surface area contributed by atoms with Gasteiger partial charge in [-0.05, 0) is 43.1 Å². The van der Waals surface area contributed by atoms with E-state index in [9.17, 15) is 19.2 Å². The molecular weight excluding hydrogens is 723 g/mol. The first-order chi connectivity index (χ1) is 21.0. The van der Waals surface area contributed by atoms with Gasteiger partial charge in [-0.3, -0.25) is 23.9 Å². The van der Waals surface area contributed by atoms with Crippen LogP contribution >= 0.6 is 34.4 Å². The van der Waals surface area contributed by atoms with Crippen molar-refractivity contribution >= 4 is 65.0 Å². The number of esters is 2. The SMILES string of the molecule is COC(=O)[C@]1(CO[Si](c2ccccc2)(c2ccccc2)C(C)(C)C)SC(n2cc(C)c(=O)[nH]c2=O)C(I)[C@H]1OC(=O)C(C)(C)C. The van der Waals surface area contributed by atoms with E-state index in [0.29, 0.717) is 5.56 Å². The highest BCUT2D eigenvalue weighted by molar-refractivity contribution is 14.1. The van der Waals surface area contributed by atoms with E-state index in [1.807, 2.05) is 36.4 Å². The molecular formula is C33H41IN2O7SSi. The van der Waals surface area contributed by atoms with Crippen molar-refractivity contribution in [1.82, 2.24) is 9.55 Å². The van der Waals surface area contributed by atoms with Crippen LogP contribution in [0, 0.1) is 12.3 Å². The Morgan fingerprint density at radius 3 is 1.98 bits per heavy atom. The minimum absolute atomic E-state index is 0.160. The summed E-state index contributed by atoms with van der Waals surface area (Å²) in [5.41, 5.74) is -1.65. The van der Waals surface area contributed by atoms with Crippen LogP contribution in [0.3, 0.4) is 0 Å². The summed E-state index contributed by atoms with van der Waals surface area (Å²) in [6.45, 7) is 13.1. The molecule has 4 atom stereocenters. The van der Waals surface area contributed by atoms with E-state index >= 15 is 0 Å². The van der Waals surface area contributed by atoms with Crippen LogP contribution in [0.15, 0.2) is 76.4 Å². The minimum atomic E-state index is -3.16. The number of aromatic amines is 1. The third kappa shape index (κ3) is 6.61. The van der Waals surface area contributed by atoms with E-state index in [-0.39, 0.29) is 6.61 Å². The Bertz CT molecular complexity index is 1610. The molecule has 9 nitrogen and oxygen atoms in total. The van der Waals surface area contributed by atoms with Gasteiger partial charge in [0.15, 0.2) is 4.75 Å². The maximum absolute atomic E-state index is 14.1. The van der Waals surface area contributed by atoms with Crippen molar-refractivity contribution in [3.8, 4) is 0 Å². The van der Waals surface area contributed by atoms with Gasteiger partial charge in [-0.1, -0.05) is 104 Å². The van der Waals surface area contributed by atoms with Gasteiger partial charge in [-0.15, -0.1) is 11.8 Å². The fourth-order valence-electron chi connectivity index (χ4n) is 5.68. The van der Waals surface area contributed by atoms with Crippen LogP contribution < -0.4 is 21.6 Å². The first-order valence-electron chi connectivity index (χ1n) is 14.7. The Morgan fingerprint density at radius 1 is 0.978 bits per heavy atom. The zero-order chi connectivity index (χ0) is 33.4. The second-order valence-corrected chi connectivity index (χ2v) is 20.5. The zero-order valence-corrected chi connectivity index (χ0v) is 30.9. The number of rotatable bonds is 8. The smallest absolute Gasteiger partial charge is 0.329 e. The maximum atomic E-state index is 14.1. The lowest BCUT2D eigenvalue weighted by atomic mass is 9.95. The van der Waals surface area contributed by atoms with Crippen molar-refractivity contribution in [2.45, 2.75) is 73.7 Å². The summed E-state index contributed by atoms with van der Waals surface area (Å²) in [4.78, 5) is 55.3.